The second-order valence-electron chi connectivity index (χ2n) is 6.50. The molecule has 0 unspecified atom stereocenters. The Morgan fingerprint density at radius 2 is 1.71 bits per heavy atom. The van der Waals surface area contributed by atoms with Crippen molar-refractivity contribution in [2.45, 2.75) is 27.0 Å². The predicted molar refractivity (Wildman–Crippen MR) is 116 cm³/mol. The number of benzene rings is 3. The lowest BCUT2D eigenvalue weighted by Gasteiger charge is -2.16. The average Bonchev–Trinajstić information content (AvgIpc) is 2.68. The number of phenolic OH excluding ortho intramolecular Hbond substituents is 1. The summed E-state index contributed by atoms with van der Waals surface area (Å²) in [5.41, 5.74) is 4.32. The smallest absolute Gasteiger partial charge is 0.162 e. The van der Waals surface area contributed by atoms with Gasteiger partial charge >= 0.3 is 0 Å². The van der Waals surface area contributed by atoms with Crippen LogP contribution >= 0.6 is 15.9 Å². The highest BCUT2D eigenvalue weighted by atomic mass is 79.9. The number of anilines is 1. The van der Waals surface area contributed by atoms with E-state index in [1.54, 1.807) is 12.1 Å². The third-order valence-electron chi connectivity index (χ3n) is 4.24. The van der Waals surface area contributed by atoms with E-state index in [1.807, 2.05) is 37.3 Å². The van der Waals surface area contributed by atoms with Gasteiger partial charge in [-0.3, -0.25) is 0 Å². The van der Waals surface area contributed by atoms with Gasteiger partial charge in [-0.1, -0.05) is 45.8 Å². The molecule has 0 saturated heterocycles. The van der Waals surface area contributed by atoms with Crippen LogP contribution < -0.4 is 14.8 Å². The van der Waals surface area contributed by atoms with E-state index in [0.717, 1.165) is 27.0 Å². The number of ether oxygens (including phenoxy) is 2. The van der Waals surface area contributed by atoms with Crippen molar-refractivity contribution in [3.63, 3.8) is 0 Å². The van der Waals surface area contributed by atoms with Crippen molar-refractivity contribution in [2.75, 3.05) is 11.9 Å². The largest absolute Gasteiger partial charge is 0.508 e. The van der Waals surface area contributed by atoms with Gasteiger partial charge in [0.25, 0.3) is 0 Å². The fourth-order valence-corrected chi connectivity index (χ4v) is 3.30. The molecule has 2 N–H and O–H groups in total. The molecular formula is C23H24BrNO3. The van der Waals surface area contributed by atoms with Crippen molar-refractivity contribution in [2.24, 2.45) is 0 Å². The Balaban J connectivity index is 1.74. The quantitative estimate of drug-likeness (QED) is 0.417. The summed E-state index contributed by atoms with van der Waals surface area (Å²) in [6.07, 6.45) is 0. The van der Waals surface area contributed by atoms with Gasteiger partial charge < -0.3 is 19.9 Å². The Hall–Kier alpha value is -2.66. The van der Waals surface area contributed by atoms with Crippen molar-refractivity contribution in [3.05, 3.63) is 81.8 Å². The molecule has 3 aromatic rings. The van der Waals surface area contributed by atoms with Crippen LogP contribution in [0.15, 0.2) is 65.1 Å². The maximum atomic E-state index is 9.39. The molecule has 3 aromatic carbocycles. The molecule has 0 spiro atoms. The van der Waals surface area contributed by atoms with E-state index >= 15 is 0 Å². The lowest BCUT2D eigenvalue weighted by Crippen LogP contribution is -2.04. The van der Waals surface area contributed by atoms with Gasteiger partial charge in [0, 0.05) is 16.7 Å². The van der Waals surface area contributed by atoms with Gasteiger partial charge in [-0.2, -0.15) is 0 Å². The molecule has 3 rings (SSSR count). The highest BCUT2D eigenvalue weighted by Gasteiger charge is 2.11. The van der Waals surface area contributed by atoms with Crippen LogP contribution in [0.1, 0.15) is 23.6 Å². The molecule has 0 radical (unpaired) electrons. The number of rotatable bonds is 8. The minimum Gasteiger partial charge on any atom is -0.508 e. The van der Waals surface area contributed by atoms with Gasteiger partial charge in [0.05, 0.1) is 6.61 Å². The summed E-state index contributed by atoms with van der Waals surface area (Å²) in [4.78, 5) is 0. The van der Waals surface area contributed by atoms with Crippen molar-refractivity contribution in [1.82, 2.24) is 0 Å². The first-order chi connectivity index (χ1) is 13.5. The minimum atomic E-state index is 0.250. The number of phenols is 1. The Morgan fingerprint density at radius 1 is 0.964 bits per heavy atom. The zero-order chi connectivity index (χ0) is 19.9. The number of hydrogen-bond donors (Lipinski definition) is 2. The van der Waals surface area contributed by atoms with Gasteiger partial charge in [-0.15, -0.1) is 0 Å². The van der Waals surface area contributed by atoms with E-state index in [0.29, 0.717) is 25.5 Å². The molecule has 0 saturated carbocycles. The number of hydrogen-bond acceptors (Lipinski definition) is 4. The Morgan fingerprint density at radius 3 is 2.43 bits per heavy atom. The Kier molecular flexibility index (Phi) is 6.82. The summed E-state index contributed by atoms with van der Waals surface area (Å²) in [6, 6.07) is 19.2. The number of aromatic hydroxyl groups is 1. The SMILES string of the molecule is CCOc1cc(CNc2ccc(O)cc2)c(Br)cc1OCc1cccc(C)c1. The van der Waals surface area contributed by atoms with E-state index in [1.165, 1.54) is 5.56 Å². The molecule has 5 heteroatoms. The predicted octanol–water partition coefficient (Wildman–Crippen LogP) is 6.05. The van der Waals surface area contributed by atoms with Crippen LogP contribution in [0.4, 0.5) is 5.69 Å². The first-order valence-corrected chi connectivity index (χ1v) is 10.0. The zero-order valence-electron chi connectivity index (χ0n) is 16.0. The van der Waals surface area contributed by atoms with E-state index in [-0.39, 0.29) is 5.75 Å². The van der Waals surface area contributed by atoms with Crippen LogP contribution in [0.2, 0.25) is 0 Å². The second kappa shape index (κ2) is 9.51. The molecule has 0 aliphatic heterocycles. The third-order valence-corrected chi connectivity index (χ3v) is 4.98. The summed E-state index contributed by atoms with van der Waals surface area (Å²) in [7, 11) is 0. The average molecular weight is 442 g/mol. The molecule has 0 aliphatic rings. The summed E-state index contributed by atoms with van der Waals surface area (Å²) >= 11 is 3.64. The van der Waals surface area contributed by atoms with Crippen molar-refractivity contribution in [1.29, 1.82) is 0 Å². The van der Waals surface area contributed by atoms with Crippen molar-refractivity contribution in [3.8, 4) is 17.2 Å². The van der Waals surface area contributed by atoms with E-state index in [4.69, 9.17) is 9.47 Å². The Labute approximate surface area is 174 Å². The molecule has 28 heavy (non-hydrogen) atoms. The fourth-order valence-electron chi connectivity index (χ4n) is 2.83. The first kappa shape index (κ1) is 20.1. The molecule has 0 aliphatic carbocycles. The molecule has 0 fully saturated rings. The molecule has 4 nitrogen and oxygen atoms in total. The van der Waals surface area contributed by atoms with Gasteiger partial charge in [0.1, 0.15) is 12.4 Å². The van der Waals surface area contributed by atoms with Gasteiger partial charge in [0.15, 0.2) is 11.5 Å². The molecule has 0 amide bonds. The zero-order valence-corrected chi connectivity index (χ0v) is 17.6. The number of aryl methyl sites for hydroxylation is 1. The third kappa shape index (κ3) is 5.42. The van der Waals surface area contributed by atoms with Crippen LogP contribution in [0, 0.1) is 6.92 Å². The minimum absolute atomic E-state index is 0.250. The van der Waals surface area contributed by atoms with Gasteiger partial charge in [-0.25, -0.2) is 0 Å². The number of halogens is 1. The van der Waals surface area contributed by atoms with Gasteiger partial charge in [-0.05, 0) is 61.4 Å². The molecule has 0 aromatic heterocycles. The summed E-state index contributed by atoms with van der Waals surface area (Å²) < 4.78 is 12.8. The van der Waals surface area contributed by atoms with E-state index in [9.17, 15) is 5.11 Å². The second-order valence-corrected chi connectivity index (χ2v) is 7.36. The summed E-state index contributed by atoms with van der Waals surface area (Å²) in [6.45, 7) is 5.69. The molecule has 146 valence electrons. The van der Waals surface area contributed by atoms with Crippen molar-refractivity contribution < 1.29 is 14.6 Å². The monoisotopic (exact) mass is 441 g/mol. The number of nitrogens with one attached hydrogen (secondary N) is 1. The van der Waals surface area contributed by atoms with Crippen LogP contribution in [0.3, 0.4) is 0 Å². The van der Waals surface area contributed by atoms with Gasteiger partial charge in [0.2, 0.25) is 0 Å². The molecule has 0 bridgehead atoms. The van der Waals surface area contributed by atoms with E-state index < -0.39 is 0 Å². The van der Waals surface area contributed by atoms with Crippen LogP contribution in [0.25, 0.3) is 0 Å². The summed E-state index contributed by atoms with van der Waals surface area (Å²) in [5.74, 6) is 1.69. The van der Waals surface area contributed by atoms with Crippen LogP contribution in [-0.4, -0.2) is 11.7 Å². The molecular weight excluding hydrogens is 418 g/mol. The lowest BCUT2D eigenvalue weighted by molar-refractivity contribution is 0.269. The first-order valence-electron chi connectivity index (χ1n) is 9.21. The molecule has 0 atom stereocenters. The Bertz CT molecular complexity index is 926. The van der Waals surface area contributed by atoms with Crippen LogP contribution in [0.5, 0.6) is 17.2 Å². The van der Waals surface area contributed by atoms with Crippen LogP contribution in [-0.2, 0) is 13.2 Å². The normalized spacial score (nSPS) is 10.5. The van der Waals surface area contributed by atoms with E-state index in [2.05, 4.69) is 46.4 Å². The lowest BCUT2D eigenvalue weighted by atomic mass is 10.1. The topological polar surface area (TPSA) is 50.7 Å². The molecule has 0 heterocycles. The maximum Gasteiger partial charge on any atom is 0.162 e. The highest BCUT2D eigenvalue weighted by Crippen LogP contribution is 2.35. The van der Waals surface area contributed by atoms with Crippen molar-refractivity contribution >= 4 is 21.6 Å². The standard InChI is InChI=1S/C23H24BrNO3/c1-3-27-22-12-18(14-25-19-7-9-20(26)10-8-19)21(24)13-23(22)28-15-17-6-4-5-16(2)11-17/h4-13,25-26H,3,14-15H2,1-2H3. The maximum absolute atomic E-state index is 9.39. The fraction of sp³-hybridized carbons (Fsp3) is 0.217. The summed E-state index contributed by atoms with van der Waals surface area (Å²) in [5, 5.41) is 12.7. The highest BCUT2D eigenvalue weighted by molar-refractivity contribution is 9.10.